The van der Waals surface area contributed by atoms with Gasteiger partial charge in [0.05, 0.1) is 38.4 Å². The Labute approximate surface area is 301 Å². The standard InChI is InChI=1S/C44H28O/c1-3-14-29(15-4-1)31-18-11-19-32(28-31)33-24-12-26-39-43-38(25-13-27-40(43)45-44(33)39)42-36-22-9-7-20-34(36)41(30-16-5-2-6-17-30)35-21-8-10-23-37(35)42/h1-28H/i1D,2D,3D,4D,5D,6D,7D,8D,9D,10D,11D,12D,13D,14D,15D,16D,17D,18D,19D,20D,21D,22D,23D,24D,25D,26D,27D,28D. The van der Waals surface area contributed by atoms with Crippen LogP contribution in [0.5, 0.6) is 0 Å². The third-order valence-electron chi connectivity index (χ3n) is 7.12. The van der Waals surface area contributed by atoms with Gasteiger partial charge in [0.1, 0.15) is 11.2 Å². The highest BCUT2D eigenvalue weighted by Crippen LogP contribution is 2.47. The molecule has 0 saturated heterocycles. The summed E-state index contributed by atoms with van der Waals surface area (Å²) in [5.74, 6) is 0. The van der Waals surface area contributed by atoms with Gasteiger partial charge in [-0.25, -0.2) is 0 Å². The van der Waals surface area contributed by atoms with E-state index in [1.807, 2.05) is 0 Å². The van der Waals surface area contributed by atoms with E-state index >= 15 is 0 Å². The molecule has 1 nitrogen and oxygen atoms in total. The summed E-state index contributed by atoms with van der Waals surface area (Å²) in [5.41, 5.74) is -7.58. The van der Waals surface area contributed by atoms with E-state index in [1.165, 1.54) is 0 Å². The third kappa shape index (κ3) is 4.09. The summed E-state index contributed by atoms with van der Waals surface area (Å²) in [6.07, 6.45) is 0. The molecule has 0 aliphatic rings. The Balaban J connectivity index is 1.60. The summed E-state index contributed by atoms with van der Waals surface area (Å²) in [6.45, 7) is 0. The fraction of sp³-hybridized carbons (Fsp3) is 0. The molecule has 8 aromatic carbocycles. The van der Waals surface area contributed by atoms with Crippen molar-refractivity contribution in [1.82, 2.24) is 0 Å². The fourth-order valence-corrected chi connectivity index (χ4v) is 5.31. The maximum absolute atomic E-state index is 9.55. The zero-order valence-corrected chi connectivity index (χ0v) is 22.4. The molecule has 1 aromatic heterocycles. The normalized spacial score (nSPS) is 20.3. The van der Waals surface area contributed by atoms with Gasteiger partial charge in [-0.2, -0.15) is 0 Å². The molecule has 1 heterocycles. The second-order valence-corrected chi connectivity index (χ2v) is 9.51. The van der Waals surface area contributed by atoms with Crippen LogP contribution in [0.3, 0.4) is 0 Å². The minimum Gasteiger partial charge on any atom is -0.455 e. The molecule has 0 bridgehead atoms. The van der Waals surface area contributed by atoms with Crippen molar-refractivity contribution in [2.75, 3.05) is 0 Å². The molecule has 0 unspecified atom stereocenters. The lowest BCUT2D eigenvalue weighted by atomic mass is 9.85. The summed E-state index contributed by atoms with van der Waals surface area (Å²) in [4.78, 5) is 0. The van der Waals surface area contributed by atoms with Crippen LogP contribution >= 0.6 is 0 Å². The summed E-state index contributed by atoms with van der Waals surface area (Å²) in [6, 6.07) is -26.9. The first-order valence-electron chi connectivity index (χ1n) is 27.2. The van der Waals surface area contributed by atoms with Crippen molar-refractivity contribution >= 4 is 43.5 Å². The van der Waals surface area contributed by atoms with Crippen molar-refractivity contribution in [3.63, 3.8) is 0 Å². The van der Waals surface area contributed by atoms with Gasteiger partial charge >= 0.3 is 0 Å². The van der Waals surface area contributed by atoms with Crippen molar-refractivity contribution < 1.29 is 42.8 Å². The molecule has 0 aliphatic heterocycles. The molecule has 0 N–H and O–H groups in total. The Morgan fingerprint density at radius 2 is 0.844 bits per heavy atom. The summed E-state index contributed by atoms with van der Waals surface area (Å²) >= 11 is 0. The van der Waals surface area contributed by atoms with E-state index in [9.17, 15) is 11.0 Å². The van der Waals surface area contributed by atoms with Gasteiger partial charge in [0.2, 0.25) is 0 Å². The zero-order chi connectivity index (χ0) is 54.1. The molecule has 1 heteroatoms. The molecule has 0 spiro atoms. The van der Waals surface area contributed by atoms with Crippen molar-refractivity contribution in [2.24, 2.45) is 0 Å². The molecular weight excluding hydrogens is 544 g/mol. The second-order valence-electron chi connectivity index (χ2n) is 9.51. The quantitative estimate of drug-likeness (QED) is 0.183. The molecule has 9 rings (SSSR count). The van der Waals surface area contributed by atoms with E-state index in [2.05, 4.69) is 0 Å². The number of furan rings is 1. The van der Waals surface area contributed by atoms with Gasteiger partial charge in [0.15, 0.2) is 0 Å². The molecule has 0 amide bonds. The molecule has 0 atom stereocenters. The molecule has 0 saturated carbocycles. The van der Waals surface area contributed by atoms with E-state index in [-0.39, 0.29) is 0 Å². The van der Waals surface area contributed by atoms with Gasteiger partial charge in [-0.05, 0) is 72.6 Å². The van der Waals surface area contributed by atoms with Crippen LogP contribution in [0.15, 0.2) is 174 Å². The SMILES string of the molecule is [2H]c1c([2H])c([2H])c(-c2c([2H])c([2H])c([2H])c(-c3c([2H])c([2H])c([2H])c4c3oc3c([2H])c([2H])c([2H])c(-c5c6c([2H])c([2H])c([2H])c([2H])c6c(-c6c([2H])c([2H])c([2H])c([2H])c6[2H])c6c([2H])c([2H])c([2H])c([2H])c56)c34)c2[2H])c([2H])c1[2H]. The second kappa shape index (κ2) is 10.4. The largest absolute Gasteiger partial charge is 0.455 e. The van der Waals surface area contributed by atoms with Crippen LogP contribution in [0.4, 0.5) is 0 Å². The minimum atomic E-state index is -1.02. The Kier molecular flexibility index (Phi) is 2.32. The summed E-state index contributed by atoms with van der Waals surface area (Å²) in [5, 5.41) is -4.17. The molecule has 210 valence electrons. The number of hydrogen-bond acceptors (Lipinski definition) is 1. The topological polar surface area (TPSA) is 13.1 Å². The first-order valence-corrected chi connectivity index (χ1v) is 13.2. The highest BCUT2D eigenvalue weighted by atomic mass is 16.3. The fourth-order valence-electron chi connectivity index (χ4n) is 5.31. The van der Waals surface area contributed by atoms with Gasteiger partial charge in [-0.15, -0.1) is 0 Å². The Hall–Kier alpha value is -5.92. The van der Waals surface area contributed by atoms with Crippen molar-refractivity contribution in [3.8, 4) is 44.5 Å². The zero-order valence-electron chi connectivity index (χ0n) is 50.4. The Morgan fingerprint density at radius 3 is 1.53 bits per heavy atom. The van der Waals surface area contributed by atoms with Crippen LogP contribution in [0.2, 0.25) is 0 Å². The van der Waals surface area contributed by atoms with Gasteiger partial charge < -0.3 is 4.42 Å². The third-order valence-corrected chi connectivity index (χ3v) is 7.12. The van der Waals surface area contributed by atoms with Gasteiger partial charge in [0.25, 0.3) is 0 Å². The Morgan fingerprint density at radius 1 is 0.356 bits per heavy atom. The van der Waals surface area contributed by atoms with E-state index < -0.39 is 257 Å². The summed E-state index contributed by atoms with van der Waals surface area (Å²) in [7, 11) is 0. The monoisotopic (exact) mass is 600 g/mol. The molecule has 45 heavy (non-hydrogen) atoms. The lowest BCUT2D eigenvalue weighted by Gasteiger charge is -2.18. The highest BCUT2D eigenvalue weighted by Gasteiger charge is 2.21. The molecule has 9 aromatic rings. The predicted octanol–water partition coefficient (Wildman–Crippen LogP) is 12.6. The van der Waals surface area contributed by atoms with Gasteiger partial charge in [-0.3, -0.25) is 0 Å². The number of benzene rings is 8. The predicted molar refractivity (Wildman–Crippen MR) is 190 cm³/mol. The van der Waals surface area contributed by atoms with Gasteiger partial charge in [0, 0.05) is 16.3 Å². The highest BCUT2D eigenvalue weighted by molar-refractivity contribution is 6.26. The Bertz CT molecular complexity index is 3980. The van der Waals surface area contributed by atoms with E-state index in [0.29, 0.717) is 0 Å². The van der Waals surface area contributed by atoms with Crippen molar-refractivity contribution in [1.29, 1.82) is 0 Å². The molecule has 0 radical (unpaired) electrons. The lowest BCUT2D eigenvalue weighted by Crippen LogP contribution is -1.91. The number of fused-ring (bicyclic) bond motifs is 5. The van der Waals surface area contributed by atoms with Crippen LogP contribution in [-0.4, -0.2) is 0 Å². The summed E-state index contributed by atoms with van der Waals surface area (Å²) < 4.78 is 255. The minimum absolute atomic E-state index is 0.633. The lowest BCUT2D eigenvalue weighted by molar-refractivity contribution is 0.670. The van der Waals surface area contributed by atoms with E-state index in [4.69, 9.17) is 31.8 Å². The van der Waals surface area contributed by atoms with Crippen LogP contribution in [-0.2, 0) is 0 Å². The smallest absolute Gasteiger partial charge is 0.143 e. The number of para-hydroxylation sites is 1. The maximum atomic E-state index is 9.55. The van der Waals surface area contributed by atoms with Crippen molar-refractivity contribution in [3.05, 3.63) is 169 Å². The van der Waals surface area contributed by atoms with Crippen LogP contribution < -0.4 is 0 Å². The average molecular weight is 601 g/mol. The van der Waals surface area contributed by atoms with Crippen LogP contribution in [0, 0.1) is 0 Å². The van der Waals surface area contributed by atoms with Crippen LogP contribution in [0.25, 0.3) is 88.0 Å². The number of rotatable bonds is 4. The molecular formula is C44H28O. The molecule has 0 aliphatic carbocycles. The van der Waals surface area contributed by atoms with Crippen molar-refractivity contribution in [2.45, 2.75) is 0 Å². The number of hydrogen-bond donors (Lipinski definition) is 0. The van der Waals surface area contributed by atoms with Crippen LogP contribution in [0.1, 0.15) is 38.4 Å². The maximum Gasteiger partial charge on any atom is 0.143 e. The van der Waals surface area contributed by atoms with E-state index in [0.717, 1.165) is 0 Å². The van der Waals surface area contributed by atoms with E-state index in [1.54, 1.807) is 0 Å². The average Bonchev–Trinajstić information content (AvgIpc) is 3.75. The molecule has 0 fully saturated rings. The van der Waals surface area contributed by atoms with Gasteiger partial charge in [-0.1, -0.05) is 157 Å². The first-order chi connectivity index (χ1) is 34.0. The first kappa shape index (κ1) is 10.1.